The minimum atomic E-state index is -4.67. The lowest BCUT2D eigenvalue weighted by molar-refractivity contribution is -0.137. The molecule has 0 atom stereocenters. The van der Waals surface area contributed by atoms with Gasteiger partial charge in [0.2, 0.25) is 0 Å². The van der Waals surface area contributed by atoms with Gasteiger partial charge in [-0.25, -0.2) is 4.39 Å². The van der Waals surface area contributed by atoms with Crippen LogP contribution in [0, 0.1) is 5.82 Å². The molecule has 0 unspecified atom stereocenters. The van der Waals surface area contributed by atoms with E-state index in [1.807, 2.05) is 7.05 Å². The second-order valence-electron chi connectivity index (χ2n) is 5.08. The number of alkyl halides is 3. The van der Waals surface area contributed by atoms with Crippen LogP contribution in [0.15, 0.2) is 18.2 Å². The van der Waals surface area contributed by atoms with E-state index in [4.69, 9.17) is 0 Å². The maximum Gasteiger partial charge on any atom is 0.416 e. The number of hydrogen-bond acceptors (Lipinski definition) is 2. The second kappa shape index (κ2) is 7.28. The van der Waals surface area contributed by atoms with Gasteiger partial charge in [0.05, 0.1) is 5.56 Å². The highest BCUT2D eigenvalue weighted by molar-refractivity contribution is 5.94. The molecule has 8 heteroatoms. The number of amides is 1. The minimum Gasteiger partial charge on any atom is -0.339 e. The minimum absolute atomic E-state index is 0. The maximum atomic E-state index is 13.3. The second-order valence-corrected chi connectivity index (χ2v) is 5.08. The Morgan fingerprint density at radius 3 is 2.32 bits per heavy atom. The summed E-state index contributed by atoms with van der Waals surface area (Å²) in [5.41, 5.74) is -1.40. The van der Waals surface area contributed by atoms with Crippen LogP contribution in [0.5, 0.6) is 0 Å². The topological polar surface area (TPSA) is 32.3 Å². The number of piperidine rings is 1. The van der Waals surface area contributed by atoms with Gasteiger partial charge >= 0.3 is 6.18 Å². The number of carbonyl (C=O) groups is 1. The van der Waals surface area contributed by atoms with Crippen molar-refractivity contribution in [3.05, 3.63) is 35.1 Å². The van der Waals surface area contributed by atoms with Gasteiger partial charge in [0.15, 0.2) is 0 Å². The molecule has 1 aliphatic rings. The lowest BCUT2D eigenvalue weighted by atomic mass is 10.0. The van der Waals surface area contributed by atoms with E-state index in [-0.39, 0.29) is 18.0 Å². The van der Waals surface area contributed by atoms with Crippen molar-refractivity contribution in [3.63, 3.8) is 0 Å². The molecule has 0 radical (unpaired) electrons. The number of nitrogens with one attached hydrogen (secondary N) is 1. The molecule has 0 aliphatic carbocycles. The van der Waals surface area contributed by atoms with Crippen molar-refractivity contribution in [2.45, 2.75) is 25.1 Å². The van der Waals surface area contributed by atoms with Crippen LogP contribution in [0.1, 0.15) is 28.8 Å². The van der Waals surface area contributed by atoms with Crippen molar-refractivity contribution >= 4 is 18.3 Å². The van der Waals surface area contributed by atoms with Crippen LogP contribution in [0.3, 0.4) is 0 Å². The van der Waals surface area contributed by atoms with Crippen LogP contribution in [-0.2, 0) is 6.18 Å². The van der Waals surface area contributed by atoms with Crippen molar-refractivity contribution in [3.8, 4) is 0 Å². The largest absolute Gasteiger partial charge is 0.416 e. The molecule has 1 N–H and O–H groups in total. The number of hydrogen-bond donors (Lipinski definition) is 1. The van der Waals surface area contributed by atoms with Gasteiger partial charge in [0, 0.05) is 24.7 Å². The SMILES string of the molecule is CNC1CCN(C(=O)c2cc(F)cc(C(F)(F)F)c2)CC1.Cl. The van der Waals surface area contributed by atoms with E-state index in [1.54, 1.807) is 0 Å². The normalized spacial score (nSPS) is 16.3. The molecule has 1 aliphatic heterocycles. The van der Waals surface area contributed by atoms with E-state index < -0.39 is 23.5 Å². The van der Waals surface area contributed by atoms with Crippen LogP contribution in [0.2, 0.25) is 0 Å². The first-order valence-electron chi connectivity index (χ1n) is 6.65. The predicted octanol–water partition coefficient (Wildman–Crippen LogP) is 3.09. The van der Waals surface area contributed by atoms with Gasteiger partial charge in [-0.15, -0.1) is 12.4 Å². The summed E-state index contributed by atoms with van der Waals surface area (Å²) in [6.45, 7) is 0.893. The lowest BCUT2D eigenvalue weighted by Gasteiger charge is -2.32. The highest BCUT2D eigenvalue weighted by atomic mass is 35.5. The van der Waals surface area contributed by atoms with Crippen LogP contribution >= 0.6 is 12.4 Å². The van der Waals surface area contributed by atoms with Crippen molar-refractivity contribution < 1.29 is 22.4 Å². The number of benzene rings is 1. The lowest BCUT2D eigenvalue weighted by Crippen LogP contribution is -2.44. The third kappa shape index (κ3) is 4.33. The van der Waals surface area contributed by atoms with E-state index >= 15 is 0 Å². The molecule has 1 aromatic rings. The average Bonchev–Trinajstić information content (AvgIpc) is 2.45. The fraction of sp³-hybridized carbons (Fsp3) is 0.500. The number of likely N-dealkylation sites (tertiary alicyclic amines) is 1. The molecule has 1 heterocycles. The molecule has 1 aromatic carbocycles. The molecular weight excluding hydrogens is 324 g/mol. The van der Waals surface area contributed by atoms with Gasteiger partial charge in [-0.1, -0.05) is 0 Å². The summed E-state index contributed by atoms with van der Waals surface area (Å²) in [5.74, 6) is -1.62. The Balaban J connectivity index is 0.00000242. The zero-order valence-corrected chi connectivity index (χ0v) is 12.7. The zero-order chi connectivity index (χ0) is 15.6. The molecular formula is C14H17ClF4N2O. The van der Waals surface area contributed by atoms with E-state index in [0.29, 0.717) is 31.3 Å². The zero-order valence-electron chi connectivity index (χ0n) is 11.9. The van der Waals surface area contributed by atoms with Crippen molar-refractivity contribution in [2.75, 3.05) is 20.1 Å². The average molecular weight is 341 g/mol. The van der Waals surface area contributed by atoms with Crippen LogP contribution < -0.4 is 5.32 Å². The molecule has 0 bridgehead atoms. The Morgan fingerprint density at radius 1 is 1.23 bits per heavy atom. The molecule has 0 aromatic heterocycles. The summed E-state index contributed by atoms with van der Waals surface area (Å²) in [7, 11) is 1.82. The molecule has 1 amide bonds. The van der Waals surface area contributed by atoms with Crippen LogP contribution in [0.25, 0.3) is 0 Å². The monoisotopic (exact) mass is 340 g/mol. The van der Waals surface area contributed by atoms with E-state index in [9.17, 15) is 22.4 Å². The first kappa shape index (κ1) is 18.7. The van der Waals surface area contributed by atoms with Gasteiger partial charge in [-0.2, -0.15) is 13.2 Å². The van der Waals surface area contributed by atoms with E-state index in [2.05, 4.69) is 5.32 Å². The van der Waals surface area contributed by atoms with Crippen LogP contribution in [-0.4, -0.2) is 37.0 Å². The number of carbonyl (C=O) groups excluding carboxylic acids is 1. The highest BCUT2D eigenvalue weighted by Gasteiger charge is 2.32. The Morgan fingerprint density at radius 2 is 1.82 bits per heavy atom. The van der Waals surface area contributed by atoms with Gasteiger partial charge in [-0.05, 0) is 38.1 Å². The summed E-state index contributed by atoms with van der Waals surface area (Å²) in [4.78, 5) is 13.7. The molecule has 22 heavy (non-hydrogen) atoms. The predicted molar refractivity (Wildman–Crippen MR) is 76.6 cm³/mol. The van der Waals surface area contributed by atoms with Crippen molar-refractivity contribution in [1.82, 2.24) is 10.2 Å². The summed E-state index contributed by atoms with van der Waals surface area (Å²) < 4.78 is 51.3. The number of nitrogens with zero attached hydrogens (tertiary/aromatic N) is 1. The Bertz CT molecular complexity index is 528. The molecule has 1 fully saturated rings. The molecule has 2 rings (SSSR count). The van der Waals surface area contributed by atoms with Gasteiger partial charge in [0.25, 0.3) is 5.91 Å². The standard InChI is InChI=1S/C14H16F4N2O.ClH/c1-19-12-2-4-20(5-3-12)13(21)9-6-10(14(16,17)18)8-11(15)7-9;/h6-8,12,19H,2-5H2,1H3;1H. The first-order chi connectivity index (χ1) is 9.81. The quantitative estimate of drug-likeness (QED) is 0.839. The molecule has 0 spiro atoms. The Kier molecular flexibility index (Phi) is 6.19. The fourth-order valence-electron chi connectivity index (χ4n) is 2.43. The van der Waals surface area contributed by atoms with Gasteiger partial charge in [-0.3, -0.25) is 4.79 Å². The maximum absolute atomic E-state index is 13.3. The van der Waals surface area contributed by atoms with Crippen LogP contribution in [0.4, 0.5) is 17.6 Å². The smallest absolute Gasteiger partial charge is 0.339 e. The van der Waals surface area contributed by atoms with Crippen molar-refractivity contribution in [1.29, 1.82) is 0 Å². The fourth-order valence-corrected chi connectivity index (χ4v) is 2.43. The Hall–Kier alpha value is -1.34. The highest BCUT2D eigenvalue weighted by Crippen LogP contribution is 2.30. The molecule has 1 saturated heterocycles. The van der Waals surface area contributed by atoms with E-state index in [0.717, 1.165) is 18.9 Å². The summed E-state index contributed by atoms with van der Waals surface area (Å²) in [5, 5.41) is 3.09. The summed E-state index contributed by atoms with van der Waals surface area (Å²) in [6, 6.07) is 2.24. The van der Waals surface area contributed by atoms with Gasteiger partial charge < -0.3 is 10.2 Å². The van der Waals surface area contributed by atoms with Crippen molar-refractivity contribution in [2.24, 2.45) is 0 Å². The summed E-state index contributed by atoms with van der Waals surface area (Å²) >= 11 is 0. The first-order valence-corrected chi connectivity index (χ1v) is 6.65. The summed E-state index contributed by atoms with van der Waals surface area (Å²) in [6.07, 6.45) is -3.22. The number of rotatable bonds is 2. The molecule has 0 saturated carbocycles. The van der Waals surface area contributed by atoms with Gasteiger partial charge in [0.1, 0.15) is 5.82 Å². The third-order valence-corrected chi connectivity index (χ3v) is 3.66. The molecule has 124 valence electrons. The number of halogens is 5. The Labute approximate surface area is 132 Å². The third-order valence-electron chi connectivity index (χ3n) is 3.66. The van der Waals surface area contributed by atoms with E-state index in [1.165, 1.54) is 4.90 Å². The molecule has 3 nitrogen and oxygen atoms in total.